The number of carboxylic acids is 1. The standard InChI is InChI=1S/C30H33ClN4O5S/c1-34(2)17-4-18-35(41(3,39)40)24-13-11-23(12-14-24)32-29(21-8-5-20(6-9-21)7-16-27(36)37)28-25-15-10-22(31)19-26(25)33-30(28)38/h5-6,8-15,19,33,38H,4,7,16-18H2,1-3H3,(H,36,37). The summed E-state index contributed by atoms with van der Waals surface area (Å²) in [6.45, 7) is 1.11. The lowest BCUT2D eigenvalue weighted by molar-refractivity contribution is -0.136. The van der Waals surface area contributed by atoms with Crippen LogP contribution >= 0.6 is 11.6 Å². The average molecular weight is 597 g/mol. The Labute approximate surface area is 244 Å². The zero-order chi connectivity index (χ0) is 29.7. The first-order chi connectivity index (χ1) is 19.4. The van der Waals surface area contributed by atoms with Crippen LogP contribution in [-0.4, -0.2) is 73.6 Å². The molecule has 41 heavy (non-hydrogen) atoms. The SMILES string of the molecule is CN(C)CCCN(c1ccc(N=C(c2ccc(CCC(=O)O)cc2)c2c(O)[nH]c3cc(Cl)ccc23)cc1)S(C)(=O)=O. The summed E-state index contributed by atoms with van der Waals surface area (Å²) in [7, 11) is 0.403. The molecule has 0 saturated carbocycles. The number of carbonyl (C=O) groups is 1. The van der Waals surface area contributed by atoms with Crippen molar-refractivity contribution in [2.24, 2.45) is 4.99 Å². The predicted octanol–water partition coefficient (Wildman–Crippen LogP) is 5.43. The lowest BCUT2D eigenvalue weighted by Crippen LogP contribution is -2.32. The molecule has 1 heterocycles. The highest BCUT2D eigenvalue weighted by atomic mass is 35.5. The van der Waals surface area contributed by atoms with Gasteiger partial charge in [-0.2, -0.15) is 0 Å². The van der Waals surface area contributed by atoms with Crippen LogP contribution < -0.4 is 4.31 Å². The Bertz CT molecular complexity index is 1660. The van der Waals surface area contributed by atoms with Gasteiger partial charge in [0.1, 0.15) is 0 Å². The molecule has 4 aromatic rings. The van der Waals surface area contributed by atoms with Crippen LogP contribution in [-0.2, 0) is 21.2 Å². The number of H-pyrrole nitrogens is 1. The van der Waals surface area contributed by atoms with Crippen LogP contribution in [0.3, 0.4) is 0 Å². The van der Waals surface area contributed by atoms with Crippen LogP contribution in [0.2, 0.25) is 5.02 Å². The van der Waals surface area contributed by atoms with E-state index in [0.717, 1.165) is 17.5 Å². The summed E-state index contributed by atoms with van der Waals surface area (Å²) in [5.41, 5.74) is 4.29. The zero-order valence-electron chi connectivity index (χ0n) is 23.1. The van der Waals surface area contributed by atoms with E-state index in [2.05, 4.69) is 4.98 Å². The number of benzene rings is 3. The highest BCUT2D eigenvalue weighted by molar-refractivity contribution is 7.92. The smallest absolute Gasteiger partial charge is 0.303 e. The Morgan fingerprint density at radius 3 is 2.29 bits per heavy atom. The second kappa shape index (κ2) is 12.8. The number of nitrogens with one attached hydrogen (secondary N) is 1. The predicted molar refractivity (Wildman–Crippen MR) is 164 cm³/mol. The Morgan fingerprint density at radius 1 is 1.00 bits per heavy atom. The van der Waals surface area contributed by atoms with Crippen molar-refractivity contribution < 1.29 is 23.4 Å². The zero-order valence-corrected chi connectivity index (χ0v) is 24.7. The summed E-state index contributed by atoms with van der Waals surface area (Å²) in [5.74, 6) is -0.939. The van der Waals surface area contributed by atoms with Gasteiger partial charge in [0.05, 0.1) is 34.4 Å². The van der Waals surface area contributed by atoms with E-state index in [9.17, 15) is 18.3 Å². The summed E-state index contributed by atoms with van der Waals surface area (Å²) in [4.78, 5) is 20.9. The Hall–Kier alpha value is -3.86. The van der Waals surface area contributed by atoms with E-state index in [-0.39, 0.29) is 12.3 Å². The first-order valence-electron chi connectivity index (χ1n) is 13.1. The molecule has 216 valence electrons. The molecule has 0 radical (unpaired) electrons. The highest BCUT2D eigenvalue weighted by Crippen LogP contribution is 2.33. The molecule has 0 bridgehead atoms. The third kappa shape index (κ3) is 7.66. The molecule has 0 aliphatic rings. The fraction of sp³-hybridized carbons (Fsp3) is 0.267. The van der Waals surface area contributed by atoms with Crippen molar-refractivity contribution in [2.75, 3.05) is 37.7 Å². The van der Waals surface area contributed by atoms with Gasteiger partial charge in [-0.05, 0) is 75.4 Å². The summed E-state index contributed by atoms with van der Waals surface area (Å²) >= 11 is 6.17. The van der Waals surface area contributed by atoms with Gasteiger partial charge in [0.2, 0.25) is 10.0 Å². The molecule has 9 nitrogen and oxygen atoms in total. The summed E-state index contributed by atoms with van der Waals surface area (Å²) in [6, 6.07) is 19.6. The largest absolute Gasteiger partial charge is 0.494 e. The van der Waals surface area contributed by atoms with Gasteiger partial charge in [-0.25, -0.2) is 13.4 Å². The number of anilines is 1. The Morgan fingerprint density at radius 2 is 1.68 bits per heavy atom. The van der Waals surface area contributed by atoms with Crippen molar-refractivity contribution >= 4 is 55.6 Å². The van der Waals surface area contributed by atoms with E-state index in [1.54, 1.807) is 42.5 Å². The van der Waals surface area contributed by atoms with Gasteiger partial charge >= 0.3 is 5.97 Å². The number of hydrogen-bond donors (Lipinski definition) is 3. The first-order valence-corrected chi connectivity index (χ1v) is 15.3. The molecule has 0 amide bonds. The van der Waals surface area contributed by atoms with Crippen LogP contribution in [0.1, 0.15) is 29.5 Å². The van der Waals surface area contributed by atoms with Crippen molar-refractivity contribution in [1.82, 2.24) is 9.88 Å². The maximum Gasteiger partial charge on any atom is 0.303 e. The number of nitrogens with zero attached hydrogens (tertiary/aromatic N) is 3. The van der Waals surface area contributed by atoms with E-state index in [4.69, 9.17) is 21.7 Å². The Kier molecular flexibility index (Phi) is 9.37. The van der Waals surface area contributed by atoms with E-state index in [1.807, 2.05) is 43.3 Å². The van der Waals surface area contributed by atoms with Gasteiger partial charge in [0, 0.05) is 28.9 Å². The number of aromatic nitrogens is 1. The number of aromatic amines is 1. The molecular weight excluding hydrogens is 564 g/mol. The summed E-state index contributed by atoms with van der Waals surface area (Å²) in [5, 5.41) is 21.2. The number of rotatable bonds is 12. The number of halogens is 1. The minimum atomic E-state index is -3.48. The quantitative estimate of drug-likeness (QED) is 0.187. The molecule has 0 atom stereocenters. The minimum absolute atomic E-state index is 0.0241. The average Bonchev–Trinajstić information content (AvgIpc) is 3.23. The van der Waals surface area contributed by atoms with Gasteiger partial charge in [0.25, 0.3) is 0 Å². The maximum absolute atomic E-state index is 12.5. The Balaban J connectivity index is 1.75. The molecule has 1 aromatic heterocycles. The van der Waals surface area contributed by atoms with Crippen molar-refractivity contribution in [3.8, 4) is 5.88 Å². The molecule has 4 rings (SSSR count). The second-order valence-corrected chi connectivity index (χ2v) is 12.4. The number of hydrogen-bond acceptors (Lipinski definition) is 6. The lowest BCUT2D eigenvalue weighted by atomic mass is 9.98. The number of sulfonamides is 1. The third-order valence-electron chi connectivity index (χ3n) is 6.58. The van der Waals surface area contributed by atoms with Crippen LogP contribution in [0.25, 0.3) is 10.9 Å². The topological polar surface area (TPSA) is 126 Å². The van der Waals surface area contributed by atoms with Crippen molar-refractivity contribution in [3.63, 3.8) is 0 Å². The number of aromatic hydroxyl groups is 1. The minimum Gasteiger partial charge on any atom is -0.494 e. The third-order valence-corrected chi connectivity index (χ3v) is 8.01. The fourth-order valence-corrected chi connectivity index (χ4v) is 5.72. The molecule has 3 aromatic carbocycles. The normalized spacial score (nSPS) is 12.3. The van der Waals surface area contributed by atoms with Crippen molar-refractivity contribution in [3.05, 3.63) is 88.4 Å². The maximum atomic E-state index is 12.5. The van der Waals surface area contributed by atoms with E-state index < -0.39 is 16.0 Å². The van der Waals surface area contributed by atoms with Crippen LogP contribution in [0.4, 0.5) is 11.4 Å². The molecule has 0 fully saturated rings. The molecule has 0 spiro atoms. The first kappa shape index (κ1) is 30.1. The fourth-order valence-electron chi connectivity index (χ4n) is 4.58. The number of fused-ring (bicyclic) bond motifs is 1. The van der Waals surface area contributed by atoms with Gasteiger partial charge in [-0.15, -0.1) is 0 Å². The summed E-state index contributed by atoms with van der Waals surface area (Å²) in [6.07, 6.45) is 2.29. The second-order valence-electron chi connectivity index (χ2n) is 10.1. The molecular formula is C30H33ClN4O5S. The van der Waals surface area contributed by atoms with E-state index >= 15 is 0 Å². The van der Waals surface area contributed by atoms with Crippen molar-refractivity contribution in [1.29, 1.82) is 0 Å². The number of carboxylic acid groups (broad SMARTS) is 1. The van der Waals surface area contributed by atoms with Gasteiger partial charge in [0.15, 0.2) is 5.88 Å². The number of aliphatic carboxylic acids is 1. The molecule has 11 heteroatoms. The number of aryl methyl sites for hydroxylation is 1. The molecule has 0 aliphatic carbocycles. The van der Waals surface area contributed by atoms with Gasteiger partial charge in [-0.3, -0.25) is 9.10 Å². The highest BCUT2D eigenvalue weighted by Gasteiger charge is 2.20. The van der Waals surface area contributed by atoms with Crippen molar-refractivity contribution in [2.45, 2.75) is 19.3 Å². The van der Waals surface area contributed by atoms with Gasteiger partial charge in [-0.1, -0.05) is 41.9 Å². The van der Waals surface area contributed by atoms with E-state index in [1.165, 1.54) is 10.6 Å². The molecule has 0 unspecified atom stereocenters. The van der Waals surface area contributed by atoms with Gasteiger partial charge < -0.3 is 20.1 Å². The monoisotopic (exact) mass is 596 g/mol. The van der Waals surface area contributed by atoms with Crippen LogP contribution in [0.5, 0.6) is 5.88 Å². The lowest BCUT2D eigenvalue weighted by Gasteiger charge is -2.23. The van der Waals surface area contributed by atoms with E-state index in [0.29, 0.717) is 58.1 Å². The molecule has 0 saturated heterocycles. The van der Waals surface area contributed by atoms with Crippen LogP contribution in [0.15, 0.2) is 71.7 Å². The number of aliphatic imine (C=N–C) groups is 1. The molecule has 3 N–H and O–H groups in total. The molecule has 0 aliphatic heterocycles. The summed E-state index contributed by atoms with van der Waals surface area (Å²) < 4.78 is 26.4. The van der Waals surface area contributed by atoms with Crippen LogP contribution in [0, 0.1) is 0 Å².